The van der Waals surface area contributed by atoms with Gasteiger partial charge in [0.05, 0.1) is 11.4 Å². The number of hydrogen-bond acceptors (Lipinski definition) is 4. The smallest absolute Gasteiger partial charge is 0.279 e. The highest BCUT2D eigenvalue weighted by molar-refractivity contribution is 5.95. The summed E-state index contributed by atoms with van der Waals surface area (Å²) in [6.45, 7) is 8.16. The summed E-state index contributed by atoms with van der Waals surface area (Å²) in [7, 11) is 0. The highest BCUT2D eigenvalue weighted by atomic mass is 16.7. The number of quaternary nitrogens is 2. The predicted octanol–water partition coefficient (Wildman–Crippen LogP) is -0.0624. The Balaban J connectivity index is 1.10. The van der Waals surface area contributed by atoms with Crippen LogP contribution in [0, 0.1) is 0 Å². The third-order valence-electron chi connectivity index (χ3n) is 6.59. The molecule has 5 rings (SSSR count). The van der Waals surface area contributed by atoms with Crippen molar-refractivity contribution in [2.75, 3.05) is 62.8 Å². The molecule has 164 valence electrons. The van der Waals surface area contributed by atoms with Crippen LogP contribution >= 0.6 is 0 Å². The van der Waals surface area contributed by atoms with Gasteiger partial charge in [0.2, 0.25) is 6.79 Å². The van der Waals surface area contributed by atoms with Gasteiger partial charge in [0, 0.05) is 18.7 Å². The van der Waals surface area contributed by atoms with Crippen LogP contribution in [-0.2, 0) is 11.3 Å². The molecule has 31 heavy (non-hydrogen) atoms. The second-order valence-electron chi connectivity index (χ2n) is 8.80. The van der Waals surface area contributed by atoms with Crippen LogP contribution in [0.1, 0.15) is 18.4 Å². The highest BCUT2D eigenvalue weighted by Gasteiger charge is 2.26. The van der Waals surface area contributed by atoms with Crippen molar-refractivity contribution in [1.29, 1.82) is 0 Å². The van der Waals surface area contributed by atoms with Crippen LogP contribution in [0.5, 0.6) is 11.5 Å². The van der Waals surface area contributed by atoms with Gasteiger partial charge in [-0.25, -0.2) is 0 Å². The number of anilines is 2. The van der Waals surface area contributed by atoms with Gasteiger partial charge >= 0.3 is 0 Å². The number of ether oxygens (including phenoxy) is 2. The van der Waals surface area contributed by atoms with Crippen molar-refractivity contribution < 1.29 is 24.1 Å². The quantitative estimate of drug-likeness (QED) is 0.608. The minimum absolute atomic E-state index is 0.112. The molecule has 2 fully saturated rings. The van der Waals surface area contributed by atoms with E-state index in [9.17, 15) is 4.79 Å². The molecule has 3 heterocycles. The van der Waals surface area contributed by atoms with Gasteiger partial charge in [-0.05, 0) is 43.2 Å². The molecule has 2 aromatic carbocycles. The Hall–Kier alpha value is -2.77. The monoisotopic (exact) mass is 424 g/mol. The summed E-state index contributed by atoms with van der Waals surface area (Å²) in [4.78, 5) is 18.0. The second-order valence-corrected chi connectivity index (χ2v) is 8.80. The van der Waals surface area contributed by atoms with Crippen molar-refractivity contribution in [3.8, 4) is 11.5 Å². The summed E-state index contributed by atoms with van der Waals surface area (Å²) in [5, 5.41) is 3.18. The standard InChI is InChI=1S/C24H30N4O3/c29-24(25-20-5-1-2-6-21(20)28-9-3-4-10-28)17-27-13-11-26(12-14-27)16-19-7-8-22-23(15-19)31-18-30-22/h1-2,5-8,15H,3-4,9-14,16-18H2,(H,25,29)/p+2. The summed E-state index contributed by atoms with van der Waals surface area (Å²) >= 11 is 0. The van der Waals surface area contributed by atoms with Crippen molar-refractivity contribution in [3.05, 3.63) is 48.0 Å². The summed E-state index contributed by atoms with van der Waals surface area (Å²) in [6, 6.07) is 14.4. The zero-order valence-corrected chi connectivity index (χ0v) is 18.0. The molecule has 0 aromatic heterocycles. The fourth-order valence-electron chi connectivity index (χ4n) is 4.88. The van der Waals surface area contributed by atoms with Crippen LogP contribution in [0.25, 0.3) is 0 Å². The maximum absolute atomic E-state index is 12.7. The average Bonchev–Trinajstić information content (AvgIpc) is 3.47. The van der Waals surface area contributed by atoms with E-state index in [4.69, 9.17) is 9.47 Å². The number of carbonyl (C=O) groups is 1. The molecule has 0 atom stereocenters. The van der Waals surface area contributed by atoms with E-state index in [0.717, 1.165) is 68.7 Å². The number of nitrogens with one attached hydrogen (secondary N) is 3. The molecule has 3 aliphatic heterocycles. The highest BCUT2D eigenvalue weighted by Crippen LogP contribution is 2.32. The molecule has 1 amide bonds. The Morgan fingerprint density at radius 2 is 1.68 bits per heavy atom. The topological polar surface area (TPSA) is 59.7 Å². The van der Waals surface area contributed by atoms with Crippen LogP contribution in [0.4, 0.5) is 11.4 Å². The number of rotatable bonds is 6. The van der Waals surface area contributed by atoms with Crippen molar-refractivity contribution >= 4 is 17.3 Å². The molecule has 7 heteroatoms. The molecule has 0 saturated carbocycles. The fraction of sp³-hybridized carbons (Fsp3) is 0.458. The van der Waals surface area contributed by atoms with E-state index in [2.05, 4.69) is 34.5 Å². The molecule has 3 N–H and O–H groups in total. The van der Waals surface area contributed by atoms with Crippen molar-refractivity contribution in [2.24, 2.45) is 0 Å². The maximum atomic E-state index is 12.7. The van der Waals surface area contributed by atoms with Gasteiger partial charge in [0.15, 0.2) is 18.0 Å². The summed E-state index contributed by atoms with van der Waals surface area (Å²) in [5.41, 5.74) is 3.38. The van der Waals surface area contributed by atoms with Gasteiger partial charge in [0.1, 0.15) is 32.7 Å². The molecular formula is C24H32N4O3+2. The molecule has 0 spiro atoms. The minimum Gasteiger partial charge on any atom is -0.454 e. The van der Waals surface area contributed by atoms with Crippen LogP contribution in [-0.4, -0.2) is 58.5 Å². The molecule has 3 aliphatic rings. The first-order valence-electron chi connectivity index (χ1n) is 11.4. The zero-order chi connectivity index (χ0) is 21.0. The van der Waals surface area contributed by atoms with Crippen LogP contribution in [0.15, 0.2) is 42.5 Å². The van der Waals surface area contributed by atoms with E-state index >= 15 is 0 Å². The van der Waals surface area contributed by atoms with E-state index in [-0.39, 0.29) is 5.91 Å². The Kier molecular flexibility index (Phi) is 5.95. The lowest BCUT2D eigenvalue weighted by Gasteiger charge is -2.29. The molecule has 0 aliphatic carbocycles. The Labute approximate surface area is 183 Å². The number of benzene rings is 2. The summed E-state index contributed by atoms with van der Waals surface area (Å²) in [5.74, 6) is 1.80. The Morgan fingerprint density at radius 1 is 0.935 bits per heavy atom. The lowest BCUT2D eigenvalue weighted by Crippen LogP contribution is -3.28. The third-order valence-corrected chi connectivity index (χ3v) is 6.59. The van der Waals surface area contributed by atoms with E-state index in [0.29, 0.717) is 13.3 Å². The van der Waals surface area contributed by atoms with Gasteiger partial charge in [-0.3, -0.25) is 4.79 Å². The van der Waals surface area contributed by atoms with Crippen molar-refractivity contribution in [2.45, 2.75) is 19.4 Å². The number of carbonyl (C=O) groups excluding carboxylic acids is 1. The molecular weight excluding hydrogens is 392 g/mol. The van der Waals surface area contributed by atoms with Gasteiger partial charge in [-0.2, -0.15) is 0 Å². The number of amides is 1. The number of hydrogen-bond donors (Lipinski definition) is 3. The van der Waals surface area contributed by atoms with Crippen LogP contribution in [0.2, 0.25) is 0 Å². The maximum Gasteiger partial charge on any atom is 0.279 e. The SMILES string of the molecule is O=C(C[NH+]1CC[NH+](Cc2ccc3c(c2)OCO3)CC1)Nc1ccccc1N1CCCC1. The van der Waals surface area contributed by atoms with E-state index < -0.39 is 0 Å². The van der Waals surface area contributed by atoms with Crippen LogP contribution in [0.3, 0.4) is 0 Å². The molecule has 2 saturated heterocycles. The normalized spacial score (nSPS) is 22.5. The van der Waals surface area contributed by atoms with Gasteiger partial charge < -0.3 is 29.5 Å². The Bertz CT molecular complexity index is 921. The summed E-state index contributed by atoms with van der Waals surface area (Å²) in [6.07, 6.45) is 2.45. The van der Waals surface area contributed by atoms with Crippen LogP contribution < -0.4 is 29.5 Å². The molecule has 7 nitrogen and oxygen atoms in total. The van der Waals surface area contributed by atoms with Gasteiger partial charge in [0.25, 0.3) is 5.91 Å². The lowest BCUT2D eigenvalue weighted by molar-refractivity contribution is -1.02. The van der Waals surface area contributed by atoms with E-state index in [1.165, 1.54) is 23.3 Å². The third kappa shape index (κ3) is 4.78. The molecule has 2 aromatic rings. The zero-order valence-electron chi connectivity index (χ0n) is 18.0. The fourth-order valence-corrected chi connectivity index (χ4v) is 4.88. The first-order chi connectivity index (χ1) is 15.2. The number of para-hydroxylation sites is 2. The number of fused-ring (bicyclic) bond motifs is 1. The molecule has 0 unspecified atom stereocenters. The molecule has 0 radical (unpaired) electrons. The molecule has 0 bridgehead atoms. The Morgan fingerprint density at radius 3 is 2.52 bits per heavy atom. The largest absolute Gasteiger partial charge is 0.454 e. The van der Waals surface area contributed by atoms with E-state index in [1.807, 2.05) is 18.2 Å². The van der Waals surface area contributed by atoms with Crippen molar-refractivity contribution in [1.82, 2.24) is 0 Å². The van der Waals surface area contributed by atoms with Gasteiger partial charge in [-0.15, -0.1) is 0 Å². The van der Waals surface area contributed by atoms with Gasteiger partial charge in [-0.1, -0.05) is 12.1 Å². The second kappa shape index (κ2) is 9.16. The summed E-state index contributed by atoms with van der Waals surface area (Å²) < 4.78 is 10.9. The predicted molar refractivity (Wildman–Crippen MR) is 119 cm³/mol. The number of nitrogens with zero attached hydrogens (tertiary/aromatic N) is 1. The minimum atomic E-state index is 0.112. The first kappa shape index (κ1) is 20.2. The number of piperazine rings is 1. The average molecular weight is 425 g/mol. The lowest BCUT2D eigenvalue weighted by atomic mass is 10.1. The van der Waals surface area contributed by atoms with E-state index in [1.54, 1.807) is 4.90 Å². The first-order valence-corrected chi connectivity index (χ1v) is 11.4. The van der Waals surface area contributed by atoms with Crippen molar-refractivity contribution in [3.63, 3.8) is 0 Å².